The molecule has 0 saturated heterocycles. The Labute approximate surface area is 203 Å². The number of benzene rings is 1. The van der Waals surface area contributed by atoms with Crippen LogP contribution < -0.4 is 5.73 Å². The van der Waals surface area contributed by atoms with Crippen molar-refractivity contribution in [3.05, 3.63) is 83.1 Å². The van der Waals surface area contributed by atoms with Crippen molar-refractivity contribution in [3.63, 3.8) is 0 Å². The highest BCUT2D eigenvalue weighted by Gasteiger charge is 2.41. The molecule has 0 bridgehead atoms. The minimum absolute atomic E-state index is 0.134. The van der Waals surface area contributed by atoms with E-state index < -0.39 is 0 Å². The van der Waals surface area contributed by atoms with Crippen LogP contribution in [0.3, 0.4) is 0 Å². The van der Waals surface area contributed by atoms with E-state index >= 15 is 0 Å². The van der Waals surface area contributed by atoms with Crippen LogP contribution in [-0.4, -0.2) is 27.5 Å². The van der Waals surface area contributed by atoms with Gasteiger partial charge in [-0.1, -0.05) is 52.3 Å². The molecule has 1 aliphatic heterocycles. The molecule has 0 amide bonds. The minimum atomic E-state index is -0.297. The lowest BCUT2D eigenvalue weighted by molar-refractivity contribution is 0.161. The SMILES string of the molecule is CCC/C=C(\C1=C(N(C)C2CC2)OC(N)=C(C#N)C1c1ccc(-n2ccnc2)cc1)C(C)(C)C. The molecule has 1 fully saturated rings. The number of hydrogen-bond donors (Lipinski definition) is 1. The molecular weight excluding hydrogens is 422 g/mol. The van der Waals surface area contributed by atoms with Crippen molar-refractivity contribution in [2.75, 3.05) is 7.05 Å². The van der Waals surface area contributed by atoms with Gasteiger partial charge in [-0.25, -0.2) is 4.98 Å². The van der Waals surface area contributed by atoms with E-state index in [1.165, 1.54) is 5.57 Å². The van der Waals surface area contributed by atoms with Gasteiger partial charge in [0, 0.05) is 36.7 Å². The van der Waals surface area contributed by atoms with E-state index in [0.29, 0.717) is 11.6 Å². The lowest BCUT2D eigenvalue weighted by Gasteiger charge is -2.38. The third kappa shape index (κ3) is 4.61. The first-order valence-electron chi connectivity index (χ1n) is 12.1. The largest absolute Gasteiger partial charge is 0.424 e. The predicted molar refractivity (Wildman–Crippen MR) is 134 cm³/mol. The molecule has 1 aliphatic carbocycles. The highest BCUT2D eigenvalue weighted by molar-refractivity contribution is 5.57. The Balaban J connectivity index is 1.91. The molecule has 1 unspecified atom stereocenters. The van der Waals surface area contributed by atoms with Crippen molar-refractivity contribution in [3.8, 4) is 11.8 Å². The number of allylic oxidation sites excluding steroid dienone is 4. The predicted octanol–water partition coefficient (Wildman–Crippen LogP) is 5.76. The molecule has 2 aliphatic rings. The van der Waals surface area contributed by atoms with E-state index in [4.69, 9.17) is 10.5 Å². The molecule has 6 heteroatoms. The second-order valence-electron chi connectivity index (χ2n) is 10.2. The summed E-state index contributed by atoms with van der Waals surface area (Å²) in [4.78, 5) is 6.36. The molecule has 178 valence electrons. The Bertz CT molecular complexity index is 1150. The summed E-state index contributed by atoms with van der Waals surface area (Å²) in [5.74, 6) is 0.676. The maximum atomic E-state index is 10.2. The fourth-order valence-corrected chi connectivity index (χ4v) is 4.60. The Hall–Kier alpha value is -3.46. The van der Waals surface area contributed by atoms with Crippen molar-refractivity contribution in [1.82, 2.24) is 14.5 Å². The number of nitrogens with zero attached hydrogens (tertiary/aromatic N) is 4. The van der Waals surface area contributed by atoms with Crippen molar-refractivity contribution < 1.29 is 4.74 Å². The van der Waals surface area contributed by atoms with E-state index in [-0.39, 0.29) is 17.2 Å². The second kappa shape index (κ2) is 9.42. The third-order valence-electron chi connectivity index (χ3n) is 6.58. The summed E-state index contributed by atoms with van der Waals surface area (Å²) in [6.07, 6.45) is 12.1. The first-order chi connectivity index (χ1) is 16.3. The smallest absolute Gasteiger partial charge is 0.207 e. The maximum absolute atomic E-state index is 10.2. The first-order valence-corrected chi connectivity index (χ1v) is 12.1. The Morgan fingerprint density at radius 3 is 2.53 bits per heavy atom. The van der Waals surface area contributed by atoms with Crippen LogP contribution in [0.4, 0.5) is 0 Å². The Morgan fingerprint density at radius 1 is 1.29 bits per heavy atom. The van der Waals surface area contributed by atoms with Gasteiger partial charge in [-0.15, -0.1) is 0 Å². The number of imidazole rings is 1. The number of hydrogen-bond acceptors (Lipinski definition) is 5. The fraction of sp³-hybridized carbons (Fsp3) is 0.429. The van der Waals surface area contributed by atoms with Gasteiger partial charge in [0.15, 0.2) is 0 Å². The van der Waals surface area contributed by atoms with Crippen LogP contribution in [0, 0.1) is 16.7 Å². The highest BCUT2D eigenvalue weighted by Crippen LogP contribution is 2.49. The number of nitriles is 1. The second-order valence-corrected chi connectivity index (χ2v) is 10.2. The maximum Gasteiger partial charge on any atom is 0.207 e. The third-order valence-corrected chi connectivity index (χ3v) is 6.58. The molecule has 1 aromatic carbocycles. The van der Waals surface area contributed by atoms with Crippen LogP contribution in [0.25, 0.3) is 5.69 Å². The number of rotatable bonds is 7. The fourth-order valence-electron chi connectivity index (χ4n) is 4.60. The van der Waals surface area contributed by atoms with Crippen LogP contribution >= 0.6 is 0 Å². The zero-order chi connectivity index (χ0) is 24.5. The van der Waals surface area contributed by atoms with Crippen LogP contribution in [0.15, 0.2) is 77.5 Å². The van der Waals surface area contributed by atoms with Gasteiger partial charge in [-0.3, -0.25) is 0 Å². The lowest BCUT2D eigenvalue weighted by atomic mass is 9.72. The zero-order valence-electron chi connectivity index (χ0n) is 20.9. The van der Waals surface area contributed by atoms with Gasteiger partial charge < -0.3 is 19.9 Å². The summed E-state index contributed by atoms with van der Waals surface area (Å²) in [6, 6.07) is 11.1. The lowest BCUT2D eigenvalue weighted by Crippen LogP contribution is -2.33. The molecule has 2 aromatic rings. The molecule has 1 aromatic heterocycles. The molecule has 1 atom stereocenters. The van der Waals surface area contributed by atoms with Gasteiger partial charge in [0.2, 0.25) is 11.8 Å². The van der Waals surface area contributed by atoms with Crippen LogP contribution in [0.2, 0.25) is 0 Å². The average Bonchev–Trinajstić information content (AvgIpc) is 3.52. The van der Waals surface area contributed by atoms with E-state index in [2.05, 4.69) is 81.0 Å². The molecule has 2 N–H and O–H groups in total. The van der Waals surface area contributed by atoms with Crippen molar-refractivity contribution >= 4 is 0 Å². The van der Waals surface area contributed by atoms with Gasteiger partial charge >= 0.3 is 0 Å². The van der Waals surface area contributed by atoms with Crippen LogP contribution in [-0.2, 0) is 4.74 Å². The van der Waals surface area contributed by atoms with Crippen LogP contribution in [0.1, 0.15) is 64.9 Å². The van der Waals surface area contributed by atoms with E-state index in [0.717, 1.165) is 48.4 Å². The minimum Gasteiger partial charge on any atom is -0.424 e. The van der Waals surface area contributed by atoms with Crippen LogP contribution in [0.5, 0.6) is 0 Å². The summed E-state index contributed by atoms with van der Waals surface area (Å²) in [6.45, 7) is 8.86. The van der Waals surface area contributed by atoms with Gasteiger partial charge in [0.25, 0.3) is 0 Å². The molecule has 34 heavy (non-hydrogen) atoms. The van der Waals surface area contributed by atoms with E-state index in [9.17, 15) is 5.26 Å². The monoisotopic (exact) mass is 457 g/mol. The molecule has 2 heterocycles. The standard InChI is InChI=1S/C28H35N5O/c1-6-7-8-23(28(2,3)4)25-24(19-9-11-21(12-10-19)33-16-15-31-18-33)22(17-29)26(30)34-27(25)32(5)20-13-14-20/h8-12,15-16,18,20,24H,6-7,13-14,30H2,1-5H3/b23-8+. The van der Waals surface area contributed by atoms with Gasteiger partial charge in [0.1, 0.15) is 11.6 Å². The molecule has 0 radical (unpaired) electrons. The normalized spacial score (nSPS) is 19.2. The molecule has 6 nitrogen and oxygen atoms in total. The topological polar surface area (TPSA) is 80.1 Å². The van der Waals surface area contributed by atoms with E-state index in [1.807, 2.05) is 10.8 Å². The summed E-state index contributed by atoms with van der Waals surface area (Å²) in [5, 5.41) is 10.2. The number of aromatic nitrogens is 2. The van der Waals surface area contributed by atoms with Crippen molar-refractivity contribution in [1.29, 1.82) is 5.26 Å². The van der Waals surface area contributed by atoms with E-state index in [1.54, 1.807) is 12.5 Å². The quantitative estimate of drug-likeness (QED) is 0.572. The average molecular weight is 458 g/mol. The molecule has 4 rings (SSSR count). The summed E-state index contributed by atoms with van der Waals surface area (Å²) in [7, 11) is 2.08. The zero-order valence-corrected chi connectivity index (χ0v) is 20.9. The molecule has 0 spiro atoms. The number of unbranched alkanes of at least 4 members (excludes halogenated alkanes) is 1. The van der Waals surface area contributed by atoms with Gasteiger partial charge in [-0.2, -0.15) is 5.26 Å². The summed E-state index contributed by atoms with van der Waals surface area (Å²) < 4.78 is 8.21. The van der Waals surface area contributed by atoms with Crippen molar-refractivity contribution in [2.45, 2.75) is 65.3 Å². The summed E-state index contributed by atoms with van der Waals surface area (Å²) >= 11 is 0. The number of nitrogens with two attached hydrogens (primary N) is 1. The Morgan fingerprint density at radius 2 is 2.00 bits per heavy atom. The Kier molecular flexibility index (Phi) is 6.56. The highest BCUT2D eigenvalue weighted by atomic mass is 16.5. The van der Waals surface area contributed by atoms with Gasteiger partial charge in [0.05, 0.1) is 12.2 Å². The van der Waals surface area contributed by atoms with Gasteiger partial charge in [-0.05, 0) is 47.9 Å². The van der Waals surface area contributed by atoms with Crippen molar-refractivity contribution in [2.24, 2.45) is 11.1 Å². The molecule has 1 saturated carbocycles. The molecular formula is C28H35N5O. The number of ether oxygens (including phenoxy) is 1. The first kappa shape index (κ1) is 23.7. The summed E-state index contributed by atoms with van der Waals surface area (Å²) in [5.41, 5.74) is 11.0.